The quantitative estimate of drug-likeness (QED) is 0.838. The van der Waals surface area contributed by atoms with Crippen LogP contribution in [0.15, 0.2) is 18.3 Å². The zero-order valence-corrected chi connectivity index (χ0v) is 12.5. The Morgan fingerprint density at radius 1 is 1.30 bits per heavy atom. The molecule has 1 aliphatic heterocycles. The number of pyridine rings is 1. The van der Waals surface area contributed by atoms with E-state index in [1.807, 2.05) is 26.0 Å². The summed E-state index contributed by atoms with van der Waals surface area (Å²) in [6.07, 6.45) is 1.64. The van der Waals surface area contributed by atoms with E-state index in [1.165, 1.54) is 0 Å². The van der Waals surface area contributed by atoms with Gasteiger partial charge in [-0.3, -0.25) is 9.69 Å². The van der Waals surface area contributed by atoms with Crippen molar-refractivity contribution in [3.05, 3.63) is 23.9 Å². The molecule has 0 saturated carbocycles. The molecule has 1 N–H and O–H groups in total. The average molecular weight is 277 g/mol. The van der Waals surface area contributed by atoms with Crippen LogP contribution in [-0.2, 0) is 0 Å². The summed E-state index contributed by atoms with van der Waals surface area (Å²) in [6.45, 7) is 9.53. The normalized spacial score (nSPS) is 17.3. The third-order valence-electron chi connectivity index (χ3n) is 3.46. The van der Waals surface area contributed by atoms with Gasteiger partial charge < -0.3 is 10.0 Å². The number of aliphatic hydroxyl groups is 1. The number of piperazine rings is 1. The van der Waals surface area contributed by atoms with E-state index < -0.39 is 5.60 Å². The maximum Gasteiger partial charge on any atom is 0.161 e. The molecule has 2 rings (SSSR count). The highest BCUT2D eigenvalue weighted by Crippen LogP contribution is 2.15. The molecular formula is C15H23N3O2. The number of carbonyl (C=O) groups excluding carboxylic acids is 1. The molecule has 1 aromatic heterocycles. The van der Waals surface area contributed by atoms with Gasteiger partial charge in [-0.05, 0) is 32.9 Å². The minimum absolute atomic E-state index is 0.0408. The van der Waals surface area contributed by atoms with Crippen LogP contribution in [0.5, 0.6) is 0 Å². The lowest BCUT2D eigenvalue weighted by molar-refractivity contribution is 0.0344. The largest absolute Gasteiger partial charge is 0.389 e. The molecule has 1 aliphatic rings. The van der Waals surface area contributed by atoms with Crippen LogP contribution in [0.1, 0.15) is 31.1 Å². The van der Waals surface area contributed by atoms with E-state index in [4.69, 9.17) is 0 Å². The van der Waals surface area contributed by atoms with Gasteiger partial charge in [-0.1, -0.05) is 0 Å². The monoisotopic (exact) mass is 277 g/mol. The van der Waals surface area contributed by atoms with Gasteiger partial charge >= 0.3 is 0 Å². The highest BCUT2D eigenvalue weighted by molar-refractivity contribution is 5.93. The molecule has 0 bridgehead atoms. The van der Waals surface area contributed by atoms with E-state index in [-0.39, 0.29) is 5.78 Å². The highest BCUT2D eigenvalue weighted by Gasteiger charge is 2.23. The first-order chi connectivity index (χ1) is 9.35. The number of nitrogens with zero attached hydrogens (tertiary/aromatic N) is 3. The standard InChI is InChI=1S/C15H23N3O2/c1-12(19)13-4-5-14(16-10-13)18-8-6-17(7-9-18)11-15(2,3)20/h4-5,10,20H,6-9,11H2,1-3H3. The van der Waals surface area contributed by atoms with Gasteiger partial charge in [-0.15, -0.1) is 0 Å². The van der Waals surface area contributed by atoms with Gasteiger partial charge in [0.05, 0.1) is 5.60 Å². The number of carbonyl (C=O) groups is 1. The molecule has 0 spiro atoms. The van der Waals surface area contributed by atoms with Crippen molar-refractivity contribution in [2.24, 2.45) is 0 Å². The lowest BCUT2D eigenvalue weighted by atomic mass is 10.1. The summed E-state index contributed by atoms with van der Waals surface area (Å²) in [7, 11) is 0. The highest BCUT2D eigenvalue weighted by atomic mass is 16.3. The van der Waals surface area contributed by atoms with Gasteiger partial charge in [-0.25, -0.2) is 4.98 Å². The zero-order valence-electron chi connectivity index (χ0n) is 12.5. The number of hydrogen-bond acceptors (Lipinski definition) is 5. The van der Waals surface area contributed by atoms with Gasteiger partial charge in [0.2, 0.25) is 0 Å². The molecule has 0 amide bonds. The fraction of sp³-hybridized carbons (Fsp3) is 0.600. The Labute approximate surface area is 120 Å². The predicted octanol–water partition coefficient (Wildman–Crippen LogP) is 1.18. The number of anilines is 1. The summed E-state index contributed by atoms with van der Waals surface area (Å²) in [5.74, 6) is 0.956. The number of aromatic nitrogens is 1. The van der Waals surface area contributed by atoms with Crippen molar-refractivity contribution in [2.75, 3.05) is 37.6 Å². The van der Waals surface area contributed by atoms with Crippen LogP contribution < -0.4 is 4.90 Å². The fourth-order valence-corrected chi connectivity index (χ4v) is 2.46. The Morgan fingerprint density at radius 3 is 2.40 bits per heavy atom. The van der Waals surface area contributed by atoms with Crippen LogP contribution >= 0.6 is 0 Å². The van der Waals surface area contributed by atoms with Crippen LogP contribution in [-0.4, -0.2) is 59.1 Å². The summed E-state index contributed by atoms with van der Waals surface area (Å²) >= 11 is 0. The molecular weight excluding hydrogens is 254 g/mol. The average Bonchev–Trinajstić information content (AvgIpc) is 2.38. The topological polar surface area (TPSA) is 56.7 Å². The lowest BCUT2D eigenvalue weighted by Crippen LogP contribution is -2.50. The predicted molar refractivity (Wildman–Crippen MR) is 79.2 cm³/mol. The molecule has 2 heterocycles. The van der Waals surface area contributed by atoms with Crippen molar-refractivity contribution < 1.29 is 9.90 Å². The van der Waals surface area contributed by atoms with Crippen LogP contribution in [0, 0.1) is 0 Å². The molecule has 1 aromatic rings. The lowest BCUT2D eigenvalue weighted by Gasteiger charge is -2.37. The van der Waals surface area contributed by atoms with Crippen LogP contribution in [0.3, 0.4) is 0 Å². The van der Waals surface area contributed by atoms with Crippen molar-refractivity contribution in [3.63, 3.8) is 0 Å². The first-order valence-corrected chi connectivity index (χ1v) is 7.02. The van der Waals surface area contributed by atoms with Gasteiger partial charge in [-0.2, -0.15) is 0 Å². The number of Topliss-reactive ketones (excluding diaryl/α,β-unsaturated/α-hetero) is 1. The first kappa shape index (κ1) is 14.9. The number of rotatable bonds is 4. The van der Waals surface area contributed by atoms with E-state index in [1.54, 1.807) is 13.1 Å². The summed E-state index contributed by atoms with van der Waals surface area (Å²) in [4.78, 5) is 20.1. The van der Waals surface area contributed by atoms with Gasteiger partial charge in [0.15, 0.2) is 5.78 Å². The van der Waals surface area contributed by atoms with E-state index in [9.17, 15) is 9.90 Å². The minimum Gasteiger partial charge on any atom is -0.389 e. The molecule has 1 saturated heterocycles. The second-order valence-electron chi connectivity index (χ2n) is 6.04. The summed E-state index contributed by atoms with van der Waals surface area (Å²) < 4.78 is 0. The molecule has 0 atom stereocenters. The van der Waals surface area contributed by atoms with Crippen molar-refractivity contribution in [1.29, 1.82) is 0 Å². The minimum atomic E-state index is -0.649. The Kier molecular flexibility index (Phi) is 4.40. The second-order valence-corrected chi connectivity index (χ2v) is 6.04. The fourth-order valence-electron chi connectivity index (χ4n) is 2.46. The van der Waals surface area contributed by atoms with Crippen molar-refractivity contribution >= 4 is 11.6 Å². The number of β-amino-alcohol motifs (C(OH)–C–C–N with tert-alkyl or cyclic N) is 1. The number of hydrogen-bond donors (Lipinski definition) is 1. The van der Waals surface area contributed by atoms with E-state index in [0.717, 1.165) is 32.0 Å². The Morgan fingerprint density at radius 2 is 1.95 bits per heavy atom. The van der Waals surface area contributed by atoms with Crippen molar-refractivity contribution in [1.82, 2.24) is 9.88 Å². The maximum absolute atomic E-state index is 11.2. The molecule has 5 nitrogen and oxygen atoms in total. The Hall–Kier alpha value is -1.46. The third-order valence-corrected chi connectivity index (χ3v) is 3.46. The first-order valence-electron chi connectivity index (χ1n) is 7.02. The molecule has 0 radical (unpaired) electrons. The van der Waals surface area contributed by atoms with Gasteiger partial charge in [0.25, 0.3) is 0 Å². The zero-order chi connectivity index (χ0) is 14.8. The van der Waals surface area contributed by atoms with Gasteiger partial charge in [0, 0.05) is 44.5 Å². The molecule has 5 heteroatoms. The van der Waals surface area contributed by atoms with E-state index in [0.29, 0.717) is 12.1 Å². The summed E-state index contributed by atoms with van der Waals surface area (Å²) in [5, 5.41) is 9.84. The Balaban J connectivity index is 1.92. The SMILES string of the molecule is CC(=O)c1ccc(N2CCN(CC(C)(C)O)CC2)nc1. The maximum atomic E-state index is 11.2. The van der Waals surface area contributed by atoms with Crippen molar-refractivity contribution in [3.8, 4) is 0 Å². The Bertz CT molecular complexity index is 457. The van der Waals surface area contributed by atoms with Crippen LogP contribution in [0.2, 0.25) is 0 Å². The molecule has 20 heavy (non-hydrogen) atoms. The van der Waals surface area contributed by atoms with E-state index in [2.05, 4.69) is 14.8 Å². The summed E-state index contributed by atoms with van der Waals surface area (Å²) in [6, 6.07) is 3.73. The molecule has 0 unspecified atom stereocenters. The van der Waals surface area contributed by atoms with Crippen LogP contribution in [0.25, 0.3) is 0 Å². The molecule has 0 aliphatic carbocycles. The molecule has 110 valence electrons. The second kappa shape index (κ2) is 5.89. The van der Waals surface area contributed by atoms with Gasteiger partial charge in [0.1, 0.15) is 5.82 Å². The third kappa shape index (κ3) is 4.02. The summed E-state index contributed by atoms with van der Waals surface area (Å²) in [5.41, 5.74) is -0.00164. The van der Waals surface area contributed by atoms with Crippen molar-refractivity contribution in [2.45, 2.75) is 26.4 Å². The molecule has 0 aromatic carbocycles. The van der Waals surface area contributed by atoms with Crippen LogP contribution in [0.4, 0.5) is 5.82 Å². The van der Waals surface area contributed by atoms with E-state index >= 15 is 0 Å². The number of ketones is 1. The molecule has 1 fully saturated rings. The smallest absolute Gasteiger partial charge is 0.161 e.